The third-order valence-corrected chi connectivity index (χ3v) is 6.10. The van der Waals surface area contributed by atoms with E-state index in [1.807, 2.05) is 26.2 Å². The zero-order valence-electron chi connectivity index (χ0n) is 16.2. The molecule has 1 N–H and O–H groups in total. The predicted molar refractivity (Wildman–Crippen MR) is 112 cm³/mol. The highest BCUT2D eigenvalue weighted by molar-refractivity contribution is 7.90. The van der Waals surface area contributed by atoms with E-state index >= 15 is 0 Å². The summed E-state index contributed by atoms with van der Waals surface area (Å²) < 4.78 is 23.3. The topological polar surface area (TPSA) is 57.6 Å². The Labute approximate surface area is 161 Å². The van der Waals surface area contributed by atoms with Gasteiger partial charge in [-0.3, -0.25) is 0 Å². The van der Waals surface area contributed by atoms with E-state index in [1.165, 1.54) is 6.26 Å². The van der Waals surface area contributed by atoms with Crippen molar-refractivity contribution in [3.8, 4) is 0 Å². The van der Waals surface area contributed by atoms with Gasteiger partial charge < -0.3 is 10.0 Å². The van der Waals surface area contributed by atoms with E-state index in [9.17, 15) is 13.5 Å². The van der Waals surface area contributed by atoms with E-state index in [0.717, 1.165) is 39.1 Å². The molecule has 0 fully saturated rings. The van der Waals surface area contributed by atoms with Crippen molar-refractivity contribution in [1.82, 2.24) is 0 Å². The molecule has 0 heterocycles. The minimum atomic E-state index is -3.20. The fraction of sp³-hybridized carbons (Fsp3) is 0.273. The lowest BCUT2D eigenvalue weighted by atomic mass is 10.00. The first-order chi connectivity index (χ1) is 12.7. The maximum atomic E-state index is 11.7. The van der Waals surface area contributed by atoms with Crippen molar-refractivity contribution in [1.29, 1.82) is 0 Å². The Morgan fingerprint density at radius 3 is 2.26 bits per heavy atom. The minimum absolute atomic E-state index is 0.106. The number of allylic oxidation sites excluding steroid dienone is 2. The largest absolute Gasteiger partial charge is 0.396 e. The fourth-order valence-corrected chi connectivity index (χ4v) is 4.09. The first kappa shape index (κ1) is 19.4. The maximum Gasteiger partial charge on any atom is 0.175 e. The van der Waals surface area contributed by atoms with Gasteiger partial charge in [-0.15, -0.1) is 0 Å². The molecule has 0 unspecified atom stereocenters. The summed E-state index contributed by atoms with van der Waals surface area (Å²) in [5, 5.41) is 9.51. The van der Waals surface area contributed by atoms with Crippen molar-refractivity contribution in [3.63, 3.8) is 0 Å². The SMILES string of the molecule is CC1=C(CCO)c2cc(N(C)C)ccc2/C1=C\c1ccc(S(C)(=O)=O)cc1. The monoisotopic (exact) mass is 383 g/mol. The molecule has 0 spiro atoms. The lowest BCUT2D eigenvalue weighted by Crippen LogP contribution is -2.08. The Morgan fingerprint density at radius 1 is 1.04 bits per heavy atom. The summed E-state index contributed by atoms with van der Waals surface area (Å²) in [6, 6.07) is 13.3. The van der Waals surface area contributed by atoms with Crippen LogP contribution in [0.4, 0.5) is 5.69 Å². The van der Waals surface area contributed by atoms with Crippen molar-refractivity contribution in [3.05, 3.63) is 64.7 Å². The Balaban J connectivity index is 2.09. The third kappa shape index (κ3) is 3.84. The fourth-order valence-electron chi connectivity index (χ4n) is 3.46. The van der Waals surface area contributed by atoms with Crippen LogP contribution in [0.25, 0.3) is 17.2 Å². The smallest absolute Gasteiger partial charge is 0.175 e. The second-order valence-corrected chi connectivity index (χ2v) is 9.12. The summed E-state index contributed by atoms with van der Waals surface area (Å²) >= 11 is 0. The van der Waals surface area contributed by atoms with Gasteiger partial charge in [-0.05, 0) is 77.1 Å². The summed E-state index contributed by atoms with van der Waals surface area (Å²) in [7, 11) is 0.828. The van der Waals surface area contributed by atoms with Gasteiger partial charge in [0, 0.05) is 32.6 Å². The van der Waals surface area contributed by atoms with Crippen LogP contribution in [0.3, 0.4) is 0 Å². The number of anilines is 1. The van der Waals surface area contributed by atoms with Crippen molar-refractivity contribution in [2.75, 3.05) is 31.9 Å². The van der Waals surface area contributed by atoms with Crippen molar-refractivity contribution in [2.45, 2.75) is 18.2 Å². The molecule has 2 aromatic rings. The number of aliphatic hydroxyl groups is 1. The zero-order chi connectivity index (χ0) is 19.8. The van der Waals surface area contributed by atoms with Crippen LogP contribution in [0.2, 0.25) is 0 Å². The maximum absolute atomic E-state index is 11.7. The summed E-state index contributed by atoms with van der Waals surface area (Å²) in [6.45, 7) is 2.19. The molecular formula is C22H25NO3S. The molecule has 1 aliphatic rings. The summed E-state index contributed by atoms with van der Waals surface area (Å²) in [5.41, 5.74) is 7.81. The average molecular weight is 384 g/mol. The van der Waals surface area contributed by atoms with Crippen LogP contribution >= 0.6 is 0 Å². The molecule has 2 aromatic carbocycles. The van der Waals surface area contributed by atoms with Crippen LogP contribution < -0.4 is 4.90 Å². The van der Waals surface area contributed by atoms with E-state index in [1.54, 1.807) is 12.1 Å². The Hall–Kier alpha value is -2.37. The van der Waals surface area contributed by atoms with Gasteiger partial charge >= 0.3 is 0 Å². The first-order valence-corrected chi connectivity index (χ1v) is 10.8. The highest BCUT2D eigenvalue weighted by atomic mass is 32.2. The lowest BCUT2D eigenvalue weighted by Gasteiger charge is -2.15. The van der Waals surface area contributed by atoms with E-state index < -0.39 is 9.84 Å². The molecule has 0 saturated heterocycles. The molecule has 0 atom stereocenters. The molecule has 0 aromatic heterocycles. The number of sulfone groups is 1. The number of nitrogens with zero attached hydrogens (tertiary/aromatic N) is 1. The van der Waals surface area contributed by atoms with Crippen LogP contribution in [0, 0.1) is 0 Å². The molecule has 0 aliphatic heterocycles. The number of benzene rings is 2. The predicted octanol–water partition coefficient (Wildman–Crippen LogP) is 3.87. The molecule has 0 radical (unpaired) electrons. The molecule has 3 rings (SSSR count). The quantitative estimate of drug-likeness (QED) is 0.852. The van der Waals surface area contributed by atoms with Gasteiger partial charge in [0.25, 0.3) is 0 Å². The molecule has 0 bridgehead atoms. The second kappa shape index (κ2) is 7.33. The van der Waals surface area contributed by atoms with Crippen LogP contribution in [0.5, 0.6) is 0 Å². The third-order valence-electron chi connectivity index (χ3n) is 4.97. The van der Waals surface area contributed by atoms with Crippen LogP contribution in [-0.2, 0) is 9.84 Å². The van der Waals surface area contributed by atoms with Gasteiger partial charge in [0.2, 0.25) is 0 Å². The number of aliphatic hydroxyl groups excluding tert-OH is 1. The van der Waals surface area contributed by atoms with Crippen molar-refractivity contribution in [2.24, 2.45) is 0 Å². The van der Waals surface area contributed by atoms with Gasteiger partial charge in [0.1, 0.15) is 0 Å². The molecule has 0 saturated carbocycles. The lowest BCUT2D eigenvalue weighted by molar-refractivity contribution is 0.305. The molecule has 27 heavy (non-hydrogen) atoms. The van der Waals surface area contributed by atoms with Gasteiger partial charge in [-0.1, -0.05) is 18.2 Å². The Bertz CT molecular complexity index is 1030. The van der Waals surface area contributed by atoms with Gasteiger partial charge in [-0.2, -0.15) is 0 Å². The number of fused-ring (bicyclic) bond motifs is 1. The van der Waals surface area contributed by atoms with Crippen LogP contribution in [0.15, 0.2) is 52.9 Å². The van der Waals surface area contributed by atoms with Gasteiger partial charge in [0.15, 0.2) is 9.84 Å². The number of hydrogen-bond donors (Lipinski definition) is 1. The highest BCUT2D eigenvalue weighted by Crippen LogP contribution is 2.44. The summed E-state index contributed by atoms with van der Waals surface area (Å²) in [4.78, 5) is 2.39. The summed E-state index contributed by atoms with van der Waals surface area (Å²) in [6.07, 6.45) is 3.91. The first-order valence-electron chi connectivity index (χ1n) is 8.87. The van der Waals surface area contributed by atoms with E-state index in [4.69, 9.17) is 0 Å². The normalized spacial score (nSPS) is 15.4. The van der Waals surface area contributed by atoms with Gasteiger partial charge in [-0.25, -0.2) is 8.42 Å². The number of rotatable bonds is 5. The van der Waals surface area contributed by atoms with Crippen LogP contribution in [-0.4, -0.2) is 40.5 Å². The molecule has 1 aliphatic carbocycles. The molecular weight excluding hydrogens is 358 g/mol. The van der Waals surface area contributed by atoms with E-state index in [0.29, 0.717) is 11.3 Å². The zero-order valence-corrected chi connectivity index (χ0v) is 17.0. The highest BCUT2D eigenvalue weighted by Gasteiger charge is 2.23. The molecule has 5 heteroatoms. The van der Waals surface area contributed by atoms with Crippen molar-refractivity contribution >= 4 is 32.7 Å². The molecule has 142 valence electrons. The Kier molecular flexibility index (Phi) is 5.27. The van der Waals surface area contributed by atoms with Crippen LogP contribution in [0.1, 0.15) is 30.0 Å². The number of hydrogen-bond acceptors (Lipinski definition) is 4. The molecule has 4 nitrogen and oxygen atoms in total. The molecule has 0 amide bonds. The van der Waals surface area contributed by atoms with Gasteiger partial charge in [0.05, 0.1) is 4.90 Å². The average Bonchev–Trinajstić information content (AvgIpc) is 2.87. The Morgan fingerprint density at radius 2 is 1.70 bits per heavy atom. The summed E-state index contributed by atoms with van der Waals surface area (Å²) in [5.74, 6) is 0. The van der Waals surface area contributed by atoms with E-state index in [-0.39, 0.29) is 6.61 Å². The minimum Gasteiger partial charge on any atom is -0.396 e. The standard InChI is InChI=1S/C22H25NO3S/c1-15-19(11-12-24)22-14-17(23(2)3)7-10-20(22)21(15)13-16-5-8-18(9-6-16)27(4,25)26/h5-10,13-14,24H,11-12H2,1-4H3/b21-13-. The van der Waals surface area contributed by atoms with E-state index in [2.05, 4.69) is 36.1 Å². The van der Waals surface area contributed by atoms with Crippen molar-refractivity contribution < 1.29 is 13.5 Å². The second-order valence-electron chi connectivity index (χ2n) is 7.10.